The molecule has 0 aromatic heterocycles. The fourth-order valence-corrected chi connectivity index (χ4v) is 3.82. The molecular weight excluding hydrogens is 390 g/mol. The molecule has 1 aliphatic rings. The van der Waals surface area contributed by atoms with E-state index in [1.807, 2.05) is 73.7 Å². The topological polar surface area (TPSA) is 66.8 Å². The summed E-state index contributed by atoms with van der Waals surface area (Å²) in [6.45, 7) is 2.18. The van der Waals surface area contributed by atoms with Crippen LogP contribution in [0, 0.1) is 6.92 Å². The second kappa shape index (κ2) is 8.48. The Morgan fingerprint density at radius 1 is 0.935 bits per heavy atom. The Hall–Kier alpha value is -3.86. The molecule has 1 heterocycles. The molecule has 5 nitrogen and oxygen atoms in total. The minimum atomic E-state index is -0.680. The largest absolute Gasteiger partial charge is 0.507 e. The number of hydrogen-bond acceptors (Lipinski definition) is 4. The van der Waals surface area contributed by atoms with Crippen LogP contribution in [0.1, 0.15) is 28.3 Å². The summed E-state index contributed by atoms with van der Waals surface area (Å²) in [6, 6.07) is 23.2. The molecule has 31 heavy (non-hydrogen) atoms. The molecule has 0 spiro atoms. The number of aryl methyl sites for hydroxylation is 1. The monoisotopic (exact) mass is 413 g/mol. The number of aliphatic hydroxyl groups is 1. The second-order valence-corrected chi connectivity index (χ2v) is 7.55. The minimum absolute atomic E-state index is 0.105. The first kappa shape index (κ1) is 20.4. The molecule has 1 N–H and O–H groups in total. The van der Waals surface area contributed by atoms with Crippen molar-refractivity contribution in [2.24, 2.45) is 0 Å². The second-order valence-electron chi connectivity index (χ2n) is 7.55. The molecule has 1 saturated heterocycles. The lowest BCUT2D eigenvalue weighted by molar-refractivity contribution is -0.140. The lowest BCUT2D eigenvalue weighted by Crippen LogP contribution is -2.29. The van der Waals surface area contributed by atoms with Gasteiger partial charge in [-0.2, -0.15) is 0 Å². The third kappa shape index (κ3) is 3.94. The number of benzene rings is 3. The van der Waals surface area contributed by atoms with Gasteiger partial charge in [0.25, 0.3) is 11.7 Å². The van der Waals surface area contributed by atoms with Gasteiger partial charge in [-0.1, -0.05) is 72.3 Å². The van der Waals surface area contributed by atoms with Gasteiger partial charge in [-0.15, -0.1) is 0 Å². The normalized spacial score (nSPS) is 17.7. The molecule has 3 aromatic carbocycles. The van der Waals surface area contributed by atoms with Gasteiger partial charge in [-0.25, -0.2) is 0 Å². The maximum absolute atomic E-state index is 13.0. The molecule has 1 aliphatic heterocycles. The van der Waals surface area contributed by atoms with E-state index in [9.17, 15) is 14.7 Å². The SMILES string of the molecule is COc1ccc(CN2C(=O)C(=O)/C(=C(\O)c3ccc(C)cc3)C2c2ccccc2)cc1. The zero-order chi connectivity index (χ0) is 22.0. The number of nitrogens with zero attached hydrogens (tertiary/aromatic N) is 1. The molecule has 0 aliphatic carbocycles. The molecule has 4 rings (SSSR count). The first-order chi connectivity index (χ1) is 15.0. The zero-order valence-electron chi connectivity index (χ0n) is 17.4. The number of amides is 1. The van der Waals surface area contributed by atoms with Crippen molar-refractivity contribution in [3.8, 4) is 5.75 Å². The molecule has 3 aromatic rings. The molecule has 1 atom stereocenters. The highest BCUT2D eigenvalue weighted by molar-refractivity contribution is 6.46. The van der Waals surface area contributed by atoms with Gasteiger partial charge >= 0.3 is 0 Å². The van der Waals surface area contributed by atoms with Gasteiger partial charge in [0.15, 0.2) is 0 Å². The molecule has 1 fully saturated rings. The minimum Gasteiger partial charge on any atom is -0.507 e. The van der Waals surface area contributed by atoms with Crippen molar-refractivity contribution in [3.05, 3.63) is 107 Å². The molecule has 156 valence electrons. The van der Waals surface area contributed by atoms with Crippen LogP contribution < -0.4 is 4.74 Å². The van der Waals surface area contributed by atoms with Gasteiger partial charge in [0.05, 0.1) is 18.7 Å². The Morgan fingerprint density at radius 2 is 1.58 bits per heavy atom. The Morgan fingerprint density at radius 3 is 2.19 bits per heavy atom. The van der Waals surface area contributed by atoms with Gasteiger partial charge in [0.1, 0.15) is 11.5 Å². The van der Waals surface area contributed by atoms with E-state index in [4.69, 9.17) is 4.74 Å². The predicted octanol–water partition coefficient (Wildman–Crippen LogP) is 4.63. The zero-order valence-corrected chi connectivity index (χ0v) is 17.4. The predicted molar refractivity (Wildman–Crippen MR) is 118 cm³/mol. The van der Waals surface area contributed by atoms with Crippen LogP contribution in [0.3, 0.4) is 0 Å². The van der Waals surface area contributed by atoms with Gasteiger partial charge in [0, 0.05) is 12.1 Å². The number of rotatable bonds is 5. The third-order valence-electron chi connectivity index (χ3n) is 5.49. The first-order valence-corrected chi connectivity index (χ1v) is 10.0. The lowest BCUT2D eigenvalue weighted by Gasteiger charge is -2.25. The maximum Gasteiger partial charge on any atom is 0.295 e. The quantitative estimate of drug-likeness (QED) is 0.376. The van der Waals surface area contributed by atoms with Gasteiger partial charge in [-0.05, 0) is 30.2 Å². The van der Waals surface area contributed by atoms with Crippen molar-refractivity contribution >= 4 is 17.4 Å². The van der Waals surface area contributed by atoms with Crippen LogP contribution >= 0.6 is 0 Å². The molecule has 0 saturated carbocycles. The number of carbonyl (C=O) groups excluding carboxylic acids is 2. The van der Waals surface area contributed by atoms with Crippen LogP contribution in [-0.4, -0.2) is 28.8 Å². The van der Waals surface area contributed by atoms with Crippen LogP contribution in [-0.2, 0) is 16.1 Å². The average molecular weight is 413 g/mol. The molecule has 0 radical (unpaired) electrons. The molecule has 1 unspecified atom stereocenters. The fraction of sp³-hybridized carbons (Fsp3) is 0.154. The highest BCUT2D eigenvalue weighted by Gasteiger charge is 2.45. The average Bonchev–Trinajstić information content (AvgIpc) is 3.05. The highest BCUT2D eigenvalue weighted by atomic mass is 16.5. The summed E-state index contributed by atoms with van der Waals surface area (Å²) in [5.74, 6) is -0.756. The number of methoxy groups -OCH3 is 1. The summed E-state index contributed by atoms with van der Waals surface area (Å²) in [6.07, 6.45) is 0. The molecular formula is C26H23NO4. The third-order valence-corrected chi connectivity index (χ3v) is 5.49. The number of likely N-dealkylation sites (tertiary alicyclic amines) is 1. The van der Waals surface area contributed by atoms with Crippen molar-refractivity contribution in [1.29, 1.82) is 0 Å². The summed E-state index contributed by atoms with van der Waals surface area (Å²) in [4.78, 5) is 27.6. The Labute approximate surface area is 181 Å². The first-order valence-electron chi connectivity index (χ1n) is 10.0. The Kier molecular flexibility index (Phi) is 5.58. The number of carbonyl (C=O) groups is 2. The van der Waals surface area contributed by atoms with Crippen molar-refractivity contribution < 1.29 is 19.4 Å². The summed E-state index contributed by atoms with van der Waals surface area (Å²) in [7, 11) is 1.59. The molecule has 1 amide bonds. The van der Waals surface area contributed by atoms with Crippen LogP contribution in [0.25, 0.3) is 5.76 Å². The van der Waals surface area contributed by atoms with E-state index in [1.54, 1.807) is 19.2 Å². The van der Waals surface area contributed by atoms with E-state index in [1.165, 1.54) is 4.90 Å². The van der Waals surface area contributed by atoms with Crippen LogP contribution in [0.2, 0.25) is 0 Å². The smallest absolute Gasteiger partial charge is 0.295 e. The van der Waals surface area contributed by atoms with E-state index >= 15 is 0 Å². The number of ketones is 1. The number of aliphatic hydroxyl groups excluding tert-OH is 1. The van der Waals surface area contributed by atoms with Crippen molar-refractivity contribution in [2.45, 2.75) is 19.5 Å². The Balaban J connectivity index is 1.80. The summed E-state index contributed by atoms with van der Waals surface area (Å²) in [5.41, 5.74) is 3.28. The highest BCUT2D eigenvalue weighted by Crippen LogP contribution is 2.40. The Bertz CT molecular complexity index is 1130. The van der Waals surface area contributed by atoms with Gasteiger partial charge < -0.3 is 14.7 Å². The van der Waals surface area contributed by atoms with Gasteiger partial charge in [-0.3, -0.25) is 9.59 Å². The summed E-state index contributed by atoms with van der Waals surface area (Å²) in [5, 5.41) is 11.0. The van der Waals surface area contributed by atoms with E-state index in [0.717, 1.165) is 16.7 Å². The van der Waals surface area contributed by atoms with E-state index in [-0.39, 0.29) is 17.9 Å². The lowest BCUT2D eigenvalue weighted by atomic mass is 9.95. The van der Waals surface area contributed by atoms with Crippen molar-refractivity contribution in [2.75, 3.05) is 7.11 Å². The number of ether oxygens (including phenoxy) is 1. The van der Waals surface area contributed by atoms with E-state index in [2.05, 4.69) is 0 Å². The van der Waals surface area contributed by atoms with Crippen molar-refractivity contribution in [3.63, 3.8) is 0 Å². The van der Waals surface area contributed by atoms with Crippen LogP contribution in [0.15, 0.2) is 84.4 Å². The molecule has 0 bridgehead atoms. The maximum atomic E-state index is 13.0. The summed E-state index contributed by atoms with van der Waals surface area (Å²) >= 11 is 0. The van der Waals surface area contributed by atoms with Crippen LogP contribution in [0.4, 0.5) is 0 Å². The number of Topliss-reactive ketones (excluding diaryl/α,β-unsaturated/α-hetero) is 1. The fourth-order valence-electron chi connectivity index (χ4n) is 3.82. The van der Waals surface area contributed by atoms with Gasteiger partial charge in [0.2, 0.25) is 0 Å². The summed E-state index contributed by atoms with van der Waals surface area (Å²) < 4.78 is 5.20. The molecule has 5 heteroatoms. The van der Waals surface area contributed by atoms with E-state index < -0.39 is 17.7 Å². The van der Waals surface area contributed by atoms with Crippen LogP contribution in [0.5, 0.6) is 5.75 Å². The van der Waals surface area contributed by atoms with Crippen molar-refractivity contribution in [1.82, 2.24) is 4.90 Å². The standard InChI is InChI=1S/C26H23NO4/c1-17-8-12-20(13-9-17)24(28)22-23(19-6-4-3-5-7-19)27(26(30)25(22)29)16-18-10-14-21(31-2)15-11-18/h3-15,23,28H,16H2,1-2H3/b24-22-. The van der Waals surface area contributed by atoms with E-state index in [0.29, 0.717) is 11.3 Å². The number of hydrogen-bond donors (Lipinski definition) is 1.